The van der Waals surface area contributed by atoms with Crippen molar-refractivity contribution in [3.8, 4) is 0 Å². The van der Waals surface area contributed by atoms with E-state index in [0.717, 1.165) is 10.0 Å². The molecular weight excluding hydrogens is 251 g/mol. The molecule has 0 aromatic heterocycles. The minimum absolute atomic E-state index is 0.0638. The van der Waals surface area contributed by atoms with Crippen LogP contribution in [0.1, 0.15) is 17.5 Å². The van der Waals surface area contributed by atoms with E-state index in [1.807, 2.05) is 0 Å². The van der Waals surface area contributed by atoms with Gasteiger partial charge in [-0.05, 0) is 23.6 Å². The number of carboxylic acid groups (broad SMARTS) is 1. The lowest BCUT2D eigenvalue weighted by Gasteiger charge is -2.04. The van der Waals surface area contributed by atoms with Crippen LogP contribution >= 0.6 is 15.9 Å². The molecule has 0 aliphatic carbocycles. The molecule has 0 amide bonds. The highest BCUT2D eigenvalue weighted by atomic mass is 79.9. The highest BCUT2D eigenvalue weighted by molar-refractivity contribution is 9.10. The topological polar surface area (TPSA) is 37.3 Å². The van der Waals surface area contributed by atoms with Gasteiger partial charge in [-0.25, -0.2) is 4.39 Å². The van der Waals surface area contributed by atoms with Crippen molar-refractivity contribution >= 4 is 21.9 Å². The Morgan fingerprint density at radius 3 is 2.79 bits per heavy atom. The van der Waals surface area contributed by atoms with Crippen LogP contribution in [0.5, 0.6) is 0 Å². The Morgan fingerprint density at radius 2 is 2.21 bits per heavy atom. The fourth-order valence-electron chi connectivity index (χ4n) is 1.14. The Labute approximate surface area is 89.9 Å². The van der Waals surface area contributed by atoms with E-state index in [2.05, 4.69) is 15.9 Å². The molecule has 0 heterocycles. The van der Waals surface area contributed by atoms with Crippen molar-refractivity contribution in [2.24, 2.45) is 0 Å². The zero-order valence-electron chi connectivity index (χ0n) is 7.46. The fraction of sp³-hybridized carbons (Fsp3) is 0.300. The zero-order chi connectivity index (χ0) is 10.6. The number of carbonyl (C=O) groups is 1. The van der Waals surface area contributed by atoms with Crippen LogP contribution in [-0.4, -0.2) is 11.1 Å². The first-order chi connectivity index (χ1) is 6.63. The summed E-state index contributed by atoms with van der Waals surface area (Å²) in [6, 6.07) is 5.10. The molecule has 14 heavy (non-hydrogen) atoms. The lowest BCUT2D eigenvalue weighted by Crippen LogP contribution is -1.98. The van der Waals surface area contributed by atoms with Gasteiger partial charge in [-0.15, -0.1) is 0 Å². The molecule has 0 aliphatic rings. The van der Waals surface area contributed by atoms with Crippen LogP contribution in [-0.2, 0) is 17.9 Å². The number of hydrogen-bond acceptors (Lipinski definition) is 1. The van der Waals surface area contributed by atoms with Crippen LogP contribution in [0, 0.1) is 0 Å². The number of alkyl halides is 1. The molecule has 0 saturated carbocycles. The van der Waals surface area contributed by atoms with Crippen molar-refractivity contribution in [3.63, 3.8) is 0 Å². The lowest BCUT2D eigenvalue weighted by molar-refractivity contribution is -0.136. The zero-order valence-corrected chi connectivity index (χ0v) is 9.05. The van der Waals surface area contributed by atoms with Crippen molar-refractivity contribution < 1.29 is 14.3 Å². The summed E-state index contributed by atoms with van der Waals surface area (Å²) in [6.45, 7) is -0.520. The van der Waals surface area contributed by atoms with Crippen molar-refractivity contribution in [2.75, 3.05) is 0 Å². The van der Waals surface area contributed by atoms with E-state index in [9.17, 15) is 9.18 Å². The number of aryl methyl sites for hydroxylation is 1. The Kier molecular flexibility index (Phi) is 4.07. The van der Waals surface area contributed by atoms with Crippen LogP contribution in [0.4, 0.5) is 4.39 Å². The standard InChI is InChI=1S/C10H10BrFO2/c11-9-3-1-7(6-12)5-8(9)2-4-10(13)14/h1,3,5H,2,4,6H2,(H,13,14). The minimum atomic E-state index is -0.845. The van der Waals surface area contributed by atoms with Crippen LogP contribution < -0.4 is 0 Å². The first-order valence-corrected chi connectivity index (χ1v) is 4.98. The van der Waals surface area contributed by atoms with E-state index in [0.29, 0.717) is 12.0 Å². The predicted octanol–water partition coefficient (Wildman–Crippen LogP) is 2.94. The second-order valence-electron chi connectivity index (χ2n) is 2.95. The largest absolute Gasteiger partial charge is 0.481 e. The predicted molar refractivity (Wildman–Crippen MR) is 54.9 cm³/mol. The van der Waals surface area contributed by atoms with Gasteiger partial charge >= 0.3 is 5.97 Å². The van der Waals surface area contributed by atoms with Gasteiger partial charge in [0.05, 0.1) is 0 Å². The molecule has 0 saturated heterocycles. The second-order valence-corrected chi connectivity index (χ2v) is 3.81. The quantitative estimate of drug-likeness (QED) is 0.904. The number of hydrogen-bond donors (Lipinski definition) is 1. The van der Waals surface area contributed by atoms with Crippen LogP contribution in [0.15, 0.2) is 22.7 Å². The molecule has 0 aliphatic heterocycles. The molecule has 0 unspecified atom stereocenters. The molecule has 4 heteroatoms. The van der Waals surface area contributed by atoms with E-state index in [-0.39, 0.29) is 6.42 Å². The first-order valence-electron chi connectivity index (χ1n) is 4.18. The highest BCUT2D eigenvalue weighted by Crippen LogP contribution is 2.20. The molecule has 0 radical (unpaired) electrons. The Balaban J connectivity index is 2.78. The molecular formula is C10H10BrFO2. The van der Waals surface area contributed by atoms with Crippen molar-refractivity contribution in [2.45, 2.75) is 19.5 Å². The molecule has 1 rings (SSSR count). The Bertz CT molecular complexity index is 339. The monoisotopic (exact) mass is 260 g/mol. The first kappa shape index (κ1) is 11.2. The summed E-state index contributed by atoms with van der Waals surface area (Å²) in [5.41, 5.74) is 1.41. The smallest absolute Gasteiger partial charge is 0.303 e. The van der Waals surface area contributed by atoms with E-state index < -0.39 is 12.6 Å². The van der Waals surface area contributed by atoms with Gasteiger partial charge in [0.25, 0.3) is 0 Å². The van der Waals surface area contributed by atoms with Gasteiger partial charge in [0, 0.05) is 10.9 Å². The maximum Gasteiger partial charge on any atom is 0.303 e. The molecule has 1 aromatic rings. The molecule has 0 atom stereocenters. The summed E-state index contributed by atoms with van der Waals surface area (Å²) in [6.07, 6.45) is 0.484. The number of rotatable bonds is 4. The third-order valence-electron chi connectivity index (χ3n) is 1.87. The Morgan fingerprint density at radius 1 is 1.50 bits per heavy atom. The van der Waals surface area contributed by atoms with Gasteiger partial charge in [-0.2, -0.15) is 0 Å². The van der Waals surface area contributed by atoms with E-state index in [1.165, 1.54) is 0 Å². The summed E-state index contributed by atoms with van der Waals surface area (Å²) < 4.78 is 13.1. The molecule has 0 bridgehead atoms. The third-order valence-corrected chi connectivity index (χ3v) is 2.65. The Hall–Kier alpha value is -0.900. The van der Waals surface area contributed by atoms with E-state index in [1.54, 1.807) is 18.2 Å². The van der Waals surface area contributed by atoms with Crippen LogP contribution in [0.25, 0.3) is 0 Å². The van der Waals surface area contributed by atoms with Crippen molar-refractivity contribution in [1.82, 2.24) is 0 Å². The SMILES string of the molecule is O=C(O)CCc1cc(CF)ccc1Br. The van der Waals surface area contributed by atoms with Crippen molar-refractivity contribution in [3.05, 3.63) is 33.8 Å². The highest BCUT2D eigenvalue weighted by Gasteiger charge is 2.04. The summed E-state index contributed by atoms with van der Waals surface area (Å²) in [5, 5.41) is 8.50. The molecule has 0 spiro atoms. The van der Waals surface area contributed by atoms with Gasteiger partial charge in [-0.1, -0.05) is 28.1 Å². The average molecular weight is 261 g/mol. The van der Waals surface area contributed by atoms with Gasteiger partial charge in [-0.3, -0.25) is 4.79 Å². The number of halogens is 2. The normalized spacial score (nSPS) is 10.1. The summed E-state index contributed by atoms with van der Waals surface area (Å²) >= 11 is 3.29. The van der Waals surface area contributed by atoms with E-state index >= 15 is 0 Å². The maximum absolute atomic E-state index is 12.3. The van der Waals surface area contributed by atoms with Crippen LogP contribution in [0.2, 0.25) is 0 Å². The minimum Gasteiger partial charge on any atom is -0.481 e. The maximum atomic E-state index is 12.3. The number of aliphatic carboxylic acids is 1. The third kappa shape index (κ3) is 3.10. The van der Waals surface area contributed by atoms with Gasteiger partial charge in [0.15, 0.2) is 0 Å². The van der Waals surface area contributed by atoms with Gasteiger partial charge in [0.2, 0.25) is 0 Å². The summed E-state index contributed by atoms with van der Waals surface area (Å²) in [7, 11) is 0. The van der Waals surface area contributed by atoms with Gasteiger partial charge in [0.1, 0.15) is 6.67 Å². The molecule has 76 valence electrons. The second kappa shape index (κ2) is 5.10. The van der Waals surface area contributed by atoms with Crippen molar-refractivity contribution in [1.29, 1.82) is 0 Å². The average Bonchev–Trinajstić information content (AvgIpc) is 2.16. The van der Waals surface area contributed by atoms with Crippen LogP contribution in [0.3, 0.4) is 0 Å². The number of benzene rings is 1. The lowest BCUT2D eigenvalue weighted by atomic mass is 10.1. The van der Waals surface area contributed by atoms with E-state index in [4.69, 9.17) is 5.11 Å². The molecule has 2 nitrogen and oxygen atoms in total. The summed E-state index contributed by atoms with van der Waals surface area (Å²) in [5.74, 6) is -0.845. The molecule has 1 aromatic carbocycles. The molecule has 0 fully saturated rings. The molecule has 1 N–H and O–H groups in total. The summed E-state index contributed by atoms with van der Waals surface area (Å²) in [4.78, 5) is 10.3. The number of carboxylic acids is 1. The van der Waals surface area contributed by atoms with Gasteiger partial charge < -0.3 is 5.11 Å². The fourth-order valence-corrected chi connectivity index (χ4v) is 1.59.